The van der Waals surface area contributed by atoms with Gasteiger partial charge >= 0.3 is 6.03 Å². The fourth-order valence-electron chi connectivity index (χ4n) is 2.24. The van der Waals surface area contributed by atoms with Crippen molar-refractivity contribution in [3.05, 3.63) is 70.7 Å². The molecule has 1 aromatic heterocycles. The first kappa shape index (κ1) is 16.1. The lowest BCUT2D eigenvalue weighted by atomic mass is 10.0. The maximum Gasteiger partial charge on any atom is 0.325 e. The van der Waals surface area contributed by atoms with Gasteiger partial charge < -0.3 is 5.32 Å². The highest BCUT2D eigenvalue weighted by molar-refractivity contribution is 7.15. The lowest BCUT2D eigenvalue weighted by Crippen LogP contribution is -2.19. The Bertz CT molecular complexity index is 815. The molecule has 0 radical (unpaired) electrons. The predicted octanol–water partition coefficient (Wildman–Crippen LogP) is 4.64. The first-order valence-electron chi connectivity index (χ1n) is 7.65. The van der Waals surface area contributed by atoms with E-state index in [9.17, 15) is 4.79 Å². The van der Waals surface area contributed by atoms with Gasteiger partial charge in [0.1, 0.15) is 5.01 Å². The Labute approximate surface area is 144 Å². The van der Waals surface area contributed by atoms with Gasteiger partial charge in [0, 0.05) is 11.6 Å². The quantitative estimate of drug-likeness (QED) is 0.728. The number of hydrogen-bond acceptors (Lipinski definition) is 4. The number of nitrogens with one attached hydrogen (secondary N) is 2. The number of aryl methyl sites for hydroxylation is 1. The van der Waals surface area contributed by atoms with Crippen LogP contribution in [0.3, 0.4) is 0 Å². The Morgan fingerprint density at radius 2 is 1.71 bits per heavy atom. The Balaban J connectivity index is 1.63. The lowest BCUT2D eigenvalue weighted by Gasteiger charge is -2.07. The first-order valence-corrected chi connectivity index (χ1v) is 8.46. The topological polar surface area (TPSA) is 66.9 Å². The van der Waals surface area contributed by atoms with Gasteiger partial charge in [-0.15, -0.1) is 10.2 Å². The highest BCUT2D eigenvalue weighted by Gasteiger charge is 2.15. The second-order valence-electron chi connectivity index (χ2n) is 5.52. The van der Waals surface area contributed by atoms with Gasteiger partial charge in [-0.3, -0.25) is 5.32 Å². The molecule has 0 saturated heterocycles. The number of urea groups is 1. The minimum atomic E-state index is -0.325. The van der Waals surface area contributed by atoms with E-state index in [1.165, 1.54) is 16.9 Å². The molecule has 2 aromatic carbocycles. The number of amides is 2. The van der Waals surface area contributed by atoms with Gasteiger partial charge in [0.2, 0.25) is 5.13 Å². The minimum absolute atomic E-state index is 0.138. The molecule has 1 heterocycles. The first-order chi connectivity index (χ1) is 11.6. The van der Waals surface area contributed by atoms with E-state index in [2.05, 4.69) is 39.9 Å². The molecule has 3 aromatic rings. The highest BCUT2D eigenvalue weighted by Crippen LogP contribution is 2.28. The third-order valence-electron chi connectivity index (χ3n) is 3.64. The van der Waals surface area contributed by atoms with Crippen LogP contribution in [0.5, 0.6) is 0 Å². The molecule has 1 unspecified atom stereocenters. The van der Waals surface area contributed by atoms with Crippen molar-refractivity contribution >= 4 is 28.2 Å². The fraction of sp³-hybridized carbons (Fsp3) is 0.167. The predicted molar refractivity (Wildman–Crippen MR) is 97.7 cm³/mol. The Morgan fingerprint density at radius 1 is 1.00 bits per heavy atom. The Morgan fingerprint density at radius 3 is 2.42 bits per heavy atom. The molecular formula is C18H18N4OS. The molecule has 0 bridgehead atoms. The monoisotopic (exact) mass is 338 g/mol. The largest absolute Gasteiger partial charge is 0.325 e. The van der Waals surface area contributed by atoms with E-state index < -0.39 is 0 Å². The second kappa shape index (κ2) is 7.23. The van der Waals surface area contributed by atoms with Gasteiger partial charge in [0.15, 0.2) is 0 Å². The number of rotatable bonds is 4. The SMILES string of the molecule is Cc1ccc(NC(=O)Nc2nnc(C(C)c3ccccc3)s2)cc1. The lowest BCUT2D eigenvalue weighted by molar-refractivity contribution is 0.262. The minimum Gasteiger partial charge on any atom is -0.308 e. The van der Waals surface area contributed by atoms with Crippen LogP contribution in [0.1, 0.15) is 29.0 Å². The van der Waals surface area contributed by atoms with E-state index >= 15 is 0 Å². The molecule has 6 heteroatoms. The number of aromatic nitrogens is 2. The summed E-state index contributed by atoms with van der Waals surface area (Å²) in [6, 6.07) is 17.4. The van der Waals surface area contributed by atoms with Gasteiger partial charge in [-0.05, 0) is 24.6 Å². The molecule has 24 heavy (non-hydrogen) atoms. The van der Waals surface area contributed by atoms with Gasteiger partial charge in [0.05, 0.1) is 0 Å². The molecule has 0 aliphatic heterocycles. The summed E-state index contributed by atoms with van der Waals surface area (Å²) in [5.41, 5.74) is 3.05. The summed E-state index contributed by atoms with van der Waals surface area (Å²) in [6.07, 6.45) is 0. The number of carbonyl (C=O) groups is 1. The second-order valence-corrected chi connectivity index (χ2v) is 6.53. The van der Waals surface area contributed by atoms with E-state index in [1.807, 2.05) is 49.4 Å². The van der Waals surface area contributed by atoms with Crippen LogP contribution in [0.25, 0.3) is 0 Å². The number of nitrogens with zero attached hydrogens (tertiary/aromatic N) is 2. The molecule has 2 N–H and O–H groups in total. The number of hydrogen-bond donors (Lipinski definition) is 2. The van der Waals surface area contributed by atoms with Gasteiger partial charge in [-0.1, -0.05) is 66.3 Å². The van der Waals surface area contributed by atoms with Crippen LogP contribution >= 0.6 is 11.3 Å². The van der Waals surface area contributed by atoms with Crippen molar-refractivity contribution in [1.29, 1.82) is 0 Å². The summed E-state index contributed by atoms with van der Waals surface area (Å²) in [5.74, 6) is 0.138. The molecule has 0 spiro atoms. The third kappa shape index (κ3) is 3.97. The van der Waals surface area contributed by atoms with Gasteiger partial charge in [0.25, 0.3) is 0 Å². The van der Waals surface area contributed by atoms with Crippen molar-refractivity contribution in [1.82, 2.24) is 10.2 Å². The summed E-state index contributed by atoms with van der Waals surface area (Å²) in [7, 11) is 0. The van der Waals surface area contributed by atoms with Crippen LogP contribution < -0.4 is 10.6 Å². The van der Waals surface area contributed by atoms with Gasteiger partial charge in [-0.2, -0.15) is 0 Å². The van der Waals surface area contributed by atoms with Crippen molar-refractivity contribution in [2.45, 2.75) is 19.8 Å². The fourth-order valence-corrected chi connectivity index (χ4v) is 3.06. The van der Waals surface area contributed by atoms with Crippen LogP contribution in [0.4, 0.5) is 15.6 Å². The molecule has 2 amide bonds. The maximum absolute atomic E-state index is 12.0. The van der Waals surface area contributed by atoms with E-state index in [0.29, 0.717) is 5.13 Å². The summed E-state index contributed by atoms with van der Waals surface area (Å²) in [5, 5.41) is 15.1. The van der Waals surface area contributed by atoms with Crippen LogP contribution in [0.2, 0.25) is 0 Å². The Kier molecular flexibility index (Phi) is 4.86. The molecule has 1 atom stereocenters. The molecule has 0 saturated carbocycles. The molecular weight excluding hydrogens is 320 g/mol. The molecule has 3 rings (SSSR count). The summed E-state index contributed by atoms with van der Waals surface area (Å²) < 4.78 is 0. The smallest absolute Gasteiger partial charge is 0.308 e. The molecule has 5 nitrogen and oxygen atoms in total. The average molecular weight is 338 g/mol. The van der Waals surface area contributed by atoms with Gasteiger partial charge in [-0.25, -0.2) is 4.79 Å². The average Bonchev–Trinajstić information content (AvgIpc) is 3.05. The van der Waals surface area contributed by atoms with E-state index in [1.54, 1.807) is 0 Å². The van der Waals surface area contributed by atoms with E-state index in [4.69, 9.17) is 0 Å². The maximum atomic E-state index is 12.0. The van der Waals surface area contributed by atoms with Crippen LogP contribution in [-0.4, -0.2) is 16.2 Å². The van der Waals surface area contributed by atoms with Crippen molar-refractivity contribution < 1.29 is 4.79 Å². The summed E-state index contributed by atoms with van der Waals surface area (Å²) >= 11 is 1.38. The molecule has 122 valence electrons. The van der Waals surface area contributed by atoms with Crippen LogP contribution in [0.15, 0.2) is 54.6 Å². The number of carbonyl (C=O) groups excluding carboxylic acids is 1. The molecule has 0 aliphatic rings. The summed E-state index contributed by atoms with van der Waals surface area (Å²) in [4.78, 5) is 12.0. The summed E-state index contributed by atoms with van der Waals surface area (Å²) in [6.45, 7) is 4.08. The van der Waals surface area contributed by atoms with E-state index in [0.717, 1.165) is 16.3 Å². The zero-order chi connectivity index (χ0) is 16.9. The number of anilines is 2. The molecule has 0 aliphatic carbocycles. The van der Waals surface area contributed by atoms with Crippen molar-refractivity contribution in [2.75, 3.05) is 10.6 Å². The van der Waals surface area contributed by atoms with E-state index in [-0.39, 0.29) is 11.9 Å². The zero-order valence-corrected chi connectivity index (χ0v) is 14.3. The Hall–Kier alpha value is -2.73. The highest BCUT2D eigenvalue weighted by atomic mass is 32.1. The number of benzene rings is 2. The van der Waals surface area contributed by atoms with Crippen molar-refractivity contribution in [3.63, 3.8) is 0 Å². The van der Waals surface area contributed by atoms with Crippen LogP contribution in [0, 0.1) is 6.92 Å². The molecule has 0 fully saturated rings. The standard InChI is InChI=1S/C18H18N4OS/c1-12-8-10-15(11-9-12)19-17(23)20-18-22-21-16(24-18)13(2)14-6-4-3-5-7-14/h3-11,13H,1-2H3,(H2,19,20,22,23). The zero-order valence-electron chi connectivity index (χ0n) is 13.5. The normalized spacial score (nSPS) is 11.8. The van der Waals surface area contributed by atoms with Crippen molar-refractivity contribution in [2.24, 2.45) is 0 Å². The van der Waals surface area contributed by atoms with Crippen molar-refractivity contribution in [3.8, 4) is 0 Å². The van der Waals surface area contributed by atoms with Crippen LogP contribution in [-0.2, 0) is 0 Å². The third-order valence-corrected chi connectivity index (χ3v) is 4.66.